The van der Waals surface area contributed by atoms with Gasteiger partial charge in [-0.05, 0) is 93.6 Å². The van der Waals surface area contributed by atoms with Gasteiger partial charge < -0.3 is 10.1 Å². The highest BCUT2D eigenvalue weighted by molar-refractivity contribution is 7.89. The molecule has 9 heteroatoms. The van der Waals surface area contributed by atoms with Gasteiger partial charge in [-0.15, -0.1) is 0 Å². The summed E-state index contributed by atoms with van der Waals surface area (Å²) in [5.74, 6) is 1.17. The van der Waals surface area contributed by atoms with Crippen molar-refractivity contribution in [2.45, 2.75) is 56.0 Å². The van der Waals surface area contributed by atoms with E-state index in [0.717, 1.165) is 24.0 Å². The van der Waals surface area contributed by atoms with Crippen LogP contribution in [0.2, 0.25) is 10.0 Å². The summed E-state index contributed by atoms with van der Waals surface area (Å²) >= 11 is 12.4. The second kappa shape index (κ2) is 10.8. The monoisotopic (exact) mass is 585 g/mol. The van der Waals surface area contributed by atoms with Crippen molar-refractivity contribution < 1.29 is 13.2 Å². The molecule has 1 unspecified atom stereocenters. The van der Waals surface area contributed by atoms with E-state index in [4.69, 9.17) is 32.9 Å². The number of aliphatic imine (C=N–C) groups is 1. The van der Waals surface area contributed by atoms with Crippen molar-refractivity contribution in [3.63, 3.8) is 0 Å². The molecule has 3 aromatic rings. The van der Waals surface area contributed by atoms with Gasteiger partial charge in [-0.3, -0.25) is 4.99 Å². The van der Waals surface area contributed by atoms with Gasteiger partial charge in [0.05, 0.1) is 22.6 Å². The van der Waals surface area contributed by atoms with Crippen molar-refractivity contribution in [3.8, 4) is 5.75 Å². The third-order valence-corrected chi connectivity index (χ3v) is 10.3. The number of sulfonamides is 1. The smallest absolute Gasteiger partial charge is 0.243 e. The molecule has 2 aliphatic heterocycles. The van der Waals surface area contributed by atoms with Crippen LogP contribution in [0.15, 0.2) is 76.6 Å². The maximum absolute atomic E-state index is 13.4. The lowest BCUT2D eigenvalue weighted by Crippen LogP contribution is -2.54. The normalized spacial score (nSPS) is 23.5. The van der Waals surface area contributed by atoms with Gasteiger partial charge in [0.15, 0.2) is 0 Å². The summed E-state index contributed by atoms with van der Waals surface area (Å²) in [6.07, 6.45) is 2.39. The lowest BCUT2D eigenvalue weighted by atomic mass is 9.72. The lowest BCUT2D eigenvalue weighted by Gasteiger charge is -2.40. The third-order valence-electron chi connectivity index (χ3n) is 7.89. The molecular formula is C30H33Cl2N3O3S. The molecule has 206 valence electrons. The van der Waals surface area contributed by atoms with Crippen LogP contribution in [0, 0.1) is 0 Å². The van der Waals surface area contributed by atoms with E-state index in [1.54, 1.807) is 22.5 Å². The van der Waals surface area contributed by atoms with Gasteiger partial charge in [-0.25, -0.2) is 8.42 Å². The number of rotatable bonds is 8. The van der Waals surface area contributed by atoms with Crippen LogP contribution >= 0.6 is 23.2 Å². The van der Waals surface area contributed by atoms with Crippen molar-refractivity contribution in [2.75, 3.05) is 19.7 Å². The molecule has 39 heavy (non-hydrogen) atoms. The topological polar surface area (TPSA) is 71.0 Å². The van der Waals surface area contributed by atoms with Crippen LogP contribution in [-0.2, 0) is 22.0 Å². The fourth-order valence-corrected chi connectivity index (χ4v) is 7.28. The van der Waals surface area contributed by atoms with Crippen molar-refractivity contribution in [2.24, 2.45) is 4.99 Å². The summed E-state index contributed by atoms with van der Waals surface area (Å²) in [4.78, 5) is 5.51. The number of ether oxygens (including phenoxy) is 1. The molecule has 0 amide bonds. The minimum atomic E-state index is -3.62. The fourth-order valence-electron chi connectivity index (χ4n) is 5.48. The van der Waals surface area contributed by atoms with Gasteiger partial charge in [-0.1, -0.05) is 47.5 Å². The SMILES string of the molecule is CCOc1ccc(S(=O)(=O)N2CCCC2)cc1C1=N[C@](C)(c2ccc(Cl)cc2)C(C)(Cc2ccc(Cl)cc2)N1. The van der Waals surface area contributed by atoms with E-state index < -0.39 is 21.1 Å². The van der Waals surface area contributed by atoms with Crippen molar-refractivity contribution >= 4 is 39.1 Å². The molecule has 1 N–H and O–H groups in total. The van der Waals surface area contributed by atoms with E-state index in [9.17, 15) is 8.42 Å². The van der Waals surface area contributed by atoms with E-state index in [-0.39, 0.29) is 4.90 Å². The molecule has 1 fully saturated rings. The minimum absolute atomic E-state index is 0.242. The van der Waals surface area contributed by atoms with Crippen LogP contribution in [0.4, 0.5) is 0 Å². The summed E-state index contributed by atoms with van der Waals surface area (Å²) in [7, 11) is -3.62. The maximum Gasteiger partial charge on any atom is 0.243 e. The van der Waals surface area contributed by atoms with E-state index in [1.165, 1.54) is 0 Å². The first kappa shape index (κ1) is 28.0. The molecular weight excluding hydrogens is 553 g/mol. The highest BCUT2D eigenvalue weighted by atomic mass is 35.5. The number of benzene rings is 3. The number of nitrogens with zero attached hydrogens (tertiary/aromatic N) is 2. The van der Waals surface area contributed by atoms with Gasteiger partial charge in [-0.2, -0.15) is 4.31 Å². The summed E-state index contributed by atoms with van der Waals surface area (Å²) in [6, 6.07) is 20.6. The summed E-state index contributed by atoms with van der Waals surface area (Å²) in [6.45, 7) is 7.66. The second-order valence-electron chi connectivity index (χ2n) is 10.5. The average molecular weight is 587 g/mol. The minimum Gasteiger partial charge on any atom is -0.493 e. The molecule has 0 aromatic heterocycles. The molecule has 0 bridgehead atoms. The van der Waals surface area contributed by atoms with Crippen LogP contribution in [0.3, 0.4) is 0 Å². The molecule has 0 saturated carbocycles. The molecule has 2 atom stereocenters. The summed E-state index contributed by atoms with van der Waals surface area (Å²) < 4.78 is 34.4. The average Bonchev–Trinajstić information content (AvgIpc) is 3.54. The van der Waals surface area contributed by atoms with Gasteiger partial charge in [0.2, 0.25) is 10.0 Å². The summed E-state index contributed by atoms with van der Waals surface area (Å²) in [5, 5.41) is 5.02. The molecule has 0 spiro atoms. The Morgan fingerprint density at radius 1 is 0.949 bits per heavy atom. The molecule has 0 radical (unpaired) electrons. The van der Waals surface area contributed by atoms with Crippen LogP contribution in [0.1, 0.15) is 50.3 Å². The van der Waals surface area contributed by atoms with Crippen molar-refractivity contribution in [3.05, 3.63) is 93.5 Å². The number of hydrogen-bond acceptors (Lipinski definition) is 5. The first-order valence-corrected chi connectivity index (χ1v) is 15.4. The Balaban J connectivity index is 1.63. The Hall–Kier alpha value is -2.58. The quantitative estimate of drug-likeness (QED) is 0.330. The van der Waals surface area contributed by atoms with E-state index >= 15 is 0 Å². The Bertz CT molecular complexity index is 1490. The van der Waals surface area contributed by atoms with Crippen LogP contribution in [0.5, 0.6) is 5.75 Å². The number of hydrogen-bond donors (Lipinski definition) is 1. The molecule has 3 aromatic carbocycles. The van der Waals surface area contributed by atoms with Gasteiger partial charge in [0, 0.05) is 23.1 Å². The van der Waals surface area contributed by atoms with Crippen molar-refractivity contribution in [1.29, 1.82) is 0 Å². The van der Waals surface area contributed by atoms with Crippen LogP contribution in [0.25, 0.3) is 0 Å². The number of nitrogens with one attached hydrogen (secondary N) is 1. The standard InChI is InChI=1S/C30H33Cl2N3O3S/c1-4-38-27-16-15-25(39(36,37)35-17-5-6-18-35)19-26(27)28-33-29(2,20-21-7-11-23(31)12-8-21)30(3,34-28)22-9-13-24(32)14-10-22/h7-16,19H,4-6,17-18,20H2,1-3H3,(H,33,34)/t29?,30-/m1/s1. The molecule has 5 rings (SSSR count). The Kier molecular flexibility index (Phi) is 7.72. The van der Waals surface area contributed by atoms with E-state index in [0.29, 0.717) is 53.3 Å². The van der Waals surface area contributed by atoms with Gasteiger partial charge in [0.25, 0.3) is 0 Å². The van der Waals surface area contributed by atoms with E-state index in [1.807, 2.05) is 55.5 Å². The fraction of sp³-hybridized carbons (Fsp3) is 0.367. The zero-order chi connectivity index (χ0) is 27.8. The molecule has 6 nitrogen and oxygen atoms in total. The highest BCUT2D eigenvalue weighted by Crippen LogP contribution is 2.44. The van der Waals surface area contributed by atoms with Crippen LogP contribution < -0.4 is 10.1 Å². The van der Waals surface area contributed by atoms with Crippen LogP contribution in [-0.4, -0.2) is 43.8 Å². The first-order chi connectivity index (χ1) is 18.6. The number of halogens is 2. The number of amidine groups is 1. The zero-order valence-corrected chi connectivity index (χ0v) is 24.7. The molecule has 2 heterocycles. The molecule has 1 saturated heterocycles. The summed E-state index contributed by atoms with van der Waals surface area (Å²) in [5.41, 5.74) is 1.43. The van der Waals surface area contributed by atoms with Crippen molar-refractivity contribution in [1.82, 2.24) is 9.62 Å². The van der Waals surface area contributed by atoms with Gasteiger partial charge in [0.1, 0.15) is 17.1 Å². The lowest BCUT2D eigenvalue weighted by molar-refractivity contribution is 0.262. The zero-order valence-electron chi connectivity index (χ0n) is 22.4. The Labute approximate surface area is 241 Å². The third kappa shape index (κ3) is 5.30. The Morgan fingerprint density at radius 2 is 1.56 bits per heavy atom. The van der Waals surface area contributed by atoms with E-state index in [2.05, 4.69) is 19.2 Å². The second-order valence-corrected chi connectivity index (χ2v) is 13.3. The molecule has 2 aliphatic rings. The van der Waals surface area contributed by atoms with Gasteiger partial charge >= 0.3 is 0 Å². The maximum atomic E-state index is 13.4. The first-order valence-electron chi connectivity index (χ1n) is 13.2. The highest BCUT2D eigenvalue weighted by Gasteiger charge is 2.51. The predicted molar refractivity (Wildman–Crippen MR) is 158 cm³/mol. The largest absolute Gasteiger partial charge is 0.493 e. The Morgan fingerprint density at radius 3 is 2.18 bits per heavy atom. The molecule has 0 aliphatic carbocycles. The predicted octanol–water partition coefficient (Wildman–Crippen LogP) is 6.44.